The molecule has 1 aliphatic carbocycles. The minimum Gasteiger partial charge on any atom is -0.393 e. The number of aliphatic hydroxyl groups is 1. The third-order valence-electron chi connectivity index (χ3n) is 4.64. The van der Waals surface area contributed by atoms with Crippen LogP contribution in [0, 0.1) is 5.92 Å². The molecule has 1 aliphatic heterocycles. The molecule has 1 saturated heterocycles. The number of nitrogens with zero attached hydrogens (tertiary/aromatic N) is 1. The second kappa shape index (κ2) is 6.17. The molecule has 3 heteroatoms. The fourth-order valence-electron chi connectivity index (χ4n) is 3.47. The molecule has 0 aromatic rings. The Hall–Kier alpha value is -0.120. The number of hydrogen-bond acceptors (Lipinski definition) is 3. The van der Waals surface area contributed by atoms with E-state index < -0.39 is 0 Å². The van der Waals surface area contributed by atoms with E-state index >= 15 is 0 Å². The highest BCUT2D eigenvalue weighted by atomic mass is 16.3. The zero-order valence-corrected chi connectivity index (χ0v) is 11.4. The second-order valence-electron chi connectivity index (χ2n) is 5.85. The first-order valence-electron chi connectivity index (χ1n) is 7.36. The lowest BCUT2D eigenvalue weighted by atomic mass is 9.90. The van der Waals surface area contributed by atoms with Gasteiger partial charge in [-0.1, -0.05) is 6.92 Å². The molecule has 2 N–H and O–H groups in total. The van der Waals surface area contributed by atoms with Crippen LogP contribution < -0.4 is 5.32 Å². The summed E-state index contributed by atoms with van der Waals surface area (Å²) in [6, 6.07) is 1.54. The number of hydrogen-bond donors (Lipinski definition) is 2. The van der Waals surface area contributed by atoms with E-state index in [0.29, 0.717) is 5.92 Å². The predicted octanol–water partition coefficient (Wildman–Crippen LogP) is 1.61. The van der Waals surface area contributed by atoms with Crippen LogP contribution in [0.4, 0.5) is 0 Å². The van der Waals surface area contributed by atoms with Gasteiger partial charge in [-0.25, -0.2) is 0 Å². The molecule has 0 amide bonds. The lowest BCUT2D eigenvalue weighted by Crippen LogP contribution is -2.41. The highest BCUT2D eigenvalue weighted by Crippen LogP contribution is 2.29. The molecule has 0 spiro atoms. The number of nitrogens with one attached hydrogen (secondary N) is 1. The van der Waals surface area contributed by atoms with Crippen molar-refractivity contribution in [2.45, 2.75) is 64.1 Å². The van der Waals surface area contributed by atoms with Crippen molar-refractivity contribution < 1.29 is 5.11 Å². The van der Waals surface area contributed by atoms with Gasteiger partial charge in [0.1, 0.15) is 0 Å². The molecule has 2 unspecified atom stereocenters. The zero-order chi connectivity index (χ0) is 12.3. The maximum absolute atomic E-state index is 9.64. The molecule has 100 valence electrons. The van der Waals surface area contributed by atoms with Crippen LogP contribution in [-0.4, -0.2) is 47.8 Å². The molecular weight excluding hydrogens is 212 g/mol. The molecule has 0 radical (unpaired) electrons. The maximum Gasteiger partial charge on any atom is 0.0552 e. The van der Waals surface area contributed by atoms with Gasteiger partial charge < -0.3 is 15.3 Å². The summed E-state index contributed by atoms with van der Waals surface area (Å²) >= 11 is 0. The van der Waals surface area contributed by atoms with E-state index in [-0.39, 0.29) is 6.10 Å². The number of likely N-dealkylation sites (tertiary alicyclic amines) is 1. The van der Waals surface area contributed by atoms with Gasteiger partial charge in [-0.3, -0.25) is 0 Å². The van der Waals surface area contributed by atoms with Crippen molar-refractivity contribution in [1.29, 1.82) is 0 Å². The predicted molar refractivity (Wildman–Crippen MR) is 71.1 cm³/mol. The summed E-state index contributed by atoms with van der Waals surface area (Å²) in [4.78, 5) is 2.62. The Morgan fingerprint density at radius 3 is 2.47 bits per heavy atom. The molecule has 0 aromatic carbocycles. The standard InChI is InChI=1S/C14H28N2O/c1-3-15-13-4-6-14(7-5-13)16-9-8-12(10-16)11(2)17/h11-15,17H,3-10H2,1-2H3. The highest BCUT2D eigenvalue weighted by Gasteiger charge is 2.32. The van der Waals surface area contributed by atoms with Crippen molar-refractivity contribution in [3.8, 4) is 0 Å². The van der Waals surface area contributed by atoms with Gasteiger partial charge in [0.25, 0.3) is 0 Å². The molecule has 2 fully saturated rings. The summed E-state index contributed by atoms with van der Waals surface area (Å²) in [5, 5.41) is 13.2. The highest BCUT2D eigenvalue weighted by molar-refractivity contribution is 4.88. The first kappa shape index (κ1) is 13.3. The van der Waals surface area contributed by atoms with Gasteiger partial charge in [0, 0.05) is 18.6 Å². The normalized spacial score (nSPS) is 37.2. The van der Waals surface area contributed by atoms with Crippen LogP contribution in [0.15, 0.2) is 0 Å². The third kappa shape index (κ3) is 3.43. The van der Waals surface area contributed by atoms with Crippen LogP contribution in [0.5, 0.6) is 0 Å². The van der Waals surface area contributed by atoms with Crippen molar-refractivity contribution in [3.05, 3.63) is 0 Å². The van der Waals surface area contributed by atoms with Gasteiger partial charge >= 0.3 is 0 Å². The van der Waals surface area contributed by atoms with Crippen molar-refractivity contribution >= 4 is 0 Å². The average Bonchev–Trinajstić information content (AvgIpc) is 2.80. The monoisotopic (exact) mass is 240 g/mol. The summed E-state index contributed by atoms with van der Waals surface area (Å²) in [5.41, 5.74) is 0. The van der Waals surface area contributed by atoms with E-state index in [1.54, 1.807) is 0 Å². The van der Waals surface area contributed by atoms with Crippen LogP contribution >= 0.6 is 0 Å². The first-order chi connectivity index (χ1) is 8.20. The topological polar surface area (TPSA) is 35.5 Å². The first-order valence-corrected chi connectivity index (χ1v) is 7.36. The summed E-state index contributed by atoms with van der Waals surface area (Å²) in [6.07, 6.45) is 6.39. The lowest BCUT2D eigenvalue weighted by molar-refractivity contribution is 0.113. The molecule has 17 heavy (non-hydrogen) atoms. The Bertz CT molecular complexity index is 224. The quantitative estimate of drug-likeness (QED) is 0.783. The van der Waals surface area contributed by atoms with Gasteiger partial charge in [0.15, 0.2) is 0 Å². The van der Waals surface area contributed by atoms with Crippen LogP contribution in [0.1, 0.15) is 46.0 Å². The van der Waals surface area contributed by atoms with Gasteiger partial charge in [-0.05, 0) is 58.0 Å². The number of aliphatic hydroxyl groups excluding tert-OH is 1. The van der Waals surface area contributed by atoms with Crippen molar-refractivity contribution in [1.82, 2.24) is 10.2 Å². The fourth-order valence-corrected chi connectivity index (χ4v) is 3.47. The summed E-state index contributed by atoms with van der Waals surface area (Å²) in [5.74, 6) is 0.515. The van der Waals surface area contributed by atoms with E-state index in [9.17, 15) is 5.11 Å². The summed E-state index contributed by atoms with van der Waals surface area (Å²) < 4.78 is 0. The molecular formula is C14H28N2O. The van der Waals surface area contributed by atoms with Crippen LogP contribution in [-0.2, 0) is 0 Å². The van der Waals surface area contributed by atoms with E-state index in [4.69, 9.17) is 0 Å². The largest absolute Gasteiger partial charge is 0.393 e. The van der Waals surface area contributed by atoms with Crippen molar-refractivity contribution in [3.63, 3.8) is 0 Å². The lowest BCUT2D eigenvalue weighted by Gasteiger charge is -2.35. The Morgan fingerprint density at radius 2 is 1.94 bits per heavy atom. The Morgan fingerprint density at radius 1 is 1.24 bits per heavy atom. The molecule has 1 saturated carbocycles. The maximum atomic E-state index is 9.64. The van der Waals surface area contributed by atoms with Crippen LogP contribution in [0.3, 0.4) is 0 Å². The van der Waals surface area contributed by atoms with E-state index in [2.05, 4.69) is 17.1 Å². The van der Waals surface area contributed by atoms with E-state index in [1.807, 2.05) is 6.92 Å². The Kier molecular flexibility index (Phi) is 4.83. The van der Waals surface area contributed by atoms with Gasteiger partial charge in [-0.15, -0.1) is 0 Å². The second-order valence-corrected chi connectivity index (χ2v) is 5.85. The van der Waals surface area contributed by atoms with E-state index in [0.717, 1.165) is 25.2 Å². The van der Waals surface area contributed by atoms with Crippen molar-refractivity contribution in [2.75, 3.05) is 19.6 Å². The van der Waals surface area contributed by atoms with Crippen LogP contribution in [0.2, 0.25) is 0 Å². The summed E-state index contributed by atoms with van der Waals surface area (Å²) in [6.45, 7) is 7.56. The zero-order valence-electron chi connectivity index (χ0n) is 11.4. The Balaban J connectivity index is 1.74. The molecule has 2 atom stereocenters. The van der Waals surface area contributed by atoms with Gasteiger partial charge in [-0.2, -0.15) is 0 Å². The summed E-state index contributed by atoms with van der Waals surface area (Å²) in [7, 11) is 0. The van der Waals surface area contributed by atoms with Crippen LogP contribution in [0.25, 0.3) is 0 Å². The fraction of sp³-hybridized carbons (Fsp3) is 1.00. The van der Waals surface area contributed by atoms with Gasteiger partial charge in [0.05, 0.1) is 6.10 Å². The van der Waals surface area contributed by atoms with E-state index in [1.165, 1.54) is 38.6 Å². The molecule has 3 nitrogen and oxygen atoms in total. The number of rotatable bonds is 4. The smallest absolute Gasteiger partial charge is 0.0552 e. The average molecular weight is 240 g/mol. The molecule has 2 aliphatic rings. The SMILES string of the molecule is CCNC1CCC(N2CCC(C(C)O)C2)CC1. The Labute approximate surface area is 106 Å². The molecule has 1 heterocycles. The third-order valence-corrected chi connectivity index (χ3v) is 4.64. The minimum absolute atomic E-state index is 0.127. The molecule has 2 rings (SSSR count). The van der Waals surface area contributed by atoms with Gasteiger partial charge in [0.2, 0.25) is 0 Å². The van der Waals surface area contributed by atoms with Crippen molar-refractivity contribution in [2.24, 2.45) is 5.92 Å². The minimum atomic E-state index is -0.127. The molecule has 0 bridgehead atoms. The molecule has 0 aromatic heterocycles.